The minimum atomic E-state index is -0.503. The van der Waals surface area contributed by atoms with Crippen molar-refractivity contribution in [3.63, 3.8) is 0 Å². The Kier molecular flexibility index (Phi) is 16.4. The number of aliphatic hydroxyl groups excluding tert-OH is 1. The monoisotopic (exact) mass is 830 g/mol. The maximum absolute atomic E-state index is 12.9. The van der Waals surface area contributed by atoms with Gasteiger partial charge in [-0.25, -0.2) is 19.6 Å². The van der Waals surface area contributed by atoms with Crippen LogP contribution >= 0.6 is 22.7 Å². The number of hydrogen-bond donors (Lipinski definition) is 1. The van der Waals surface area contributed by atoms with Gasteiger partial charge in [-0.15, -0.1) is 22.7 Å². The van der Waals surface area contributed by atoms with Crippen molar-refractivity contribution in [1.29, 1.82) is 0 Å². The second-order valence-corrected chi connectivity index (χ2v) is 19.4. The van der Waals surface area contributed by atoms with E-state index in [9.17, 15) is 19.5 Å². The van der Waals surface area contributed by atoms with Crippen molar-refractivity contribution in [3.8, 4) is 0 Å². The van der Waals surface area contributed by atoms with E-state index in [1.807, 2.05) is 71.1 Å². The summed E-state index contributed by atoms with van der Waals surface area (Å²) in [5.41, 5.74) is 0.295. The highest BCUT2D eigenvalue weighted by Crippen LogP contribution is 2.34. The van der Waals surface area contributed by atoms with Crippen molar-refractivity contribution in [2.45, 2.75) is 123 Å². The molecule has 0 radical (unpaired) electrons. The normalized spacial score (nSPS) is 20.9. The van der Waals surface area contributed by atoms with E-state index in [2.05, 4.69) is 31.2 Å². The van der Waals surface area contributed by atoms with Gasteiger partial charge in [-0.2, -0.15) is 0 Å². The van der Waals surface area contributed by atoms with Crippen LogP contribution in [0.15, 0.2) is 29.2 Å². The molecule has 0 saturated carbocycles. The largest absolute Gasteiger partial charge is 0.465 e. The second-order valence-electron chi connectivity index (χ2n) is 17.5. The minimum Gasteiger partial charge on any atom is -0.465 e. The van der Waals surface area contributed by atoms with E-state index >= 15 is 0 Å². The van der Waals surface area contributed by atoms with E-state index in [-0.39, 0.29) is 42.8 Å². The Hall–Kier alpha value is -3.11. The molecule has 4 aliphatic heterocycles. The van der Waals surface area contributed by atoms with Crippen LogP contribution < -0.4 is 0 Å². The van der Waals surface area contributed by atoms with Crippen LogP contribution in [0.4, 0.5) is 9.59 Å². The molecular formula is C42H66N6O7S2. The summed E-state index contributed by atoms with van der Waals surface area (Å²) in [4.78, 5) is 54.6. The Labute approximate surface area is 347 Å². The molecule has 2 unspecified atom stereocenters. The SMILES string of the molecule is CC(C)(C)OC(=O)N1CCC(C(CO)N2CCC(c3nccs3)CC2)CC1.CCOC(=O)C(C1CCN(C(=O)OC(C)(C)C)CC1)N1CC=C(c2nccs2)CC1. The van der Waals surface area contributed by atoms with Gasteiger partial charge >= 0.3 is 18.2 Å². The van der Waals surface area contributed by atoms with E-state index in [4.69, 9.17) is 14.2 Å². The fraction of sp³-hybridized carbons (Fsp3) is 0.738. The molecule has 1 N–H and O–H groups in total. The Morgan fingerprint density at radius 3 is 1.79 bits per heavy atom. The zero-order valence-electron chi connectivity index (χ0n) is 35.2. The molecule has 57 heavy (non-hydrogen) atoms. The van der Waals surface area contributed by atoms with Gasteiger partial charge in [-0.1, -0.05) is 6.08 Å². The topological polar surface area (TPSA) is 138 Å². The summed E-state index contributed by atoms with van der Waals surface area (Å²) in [6.07, 6.45) is 11.9. The molecule has 3 saturated heterocycles. The van der Waals surface area contributed by atoms with Crippen molar-refractivity contribution in [2.75, 3.05) is 65.6 Å². The molecule has 0 spiro atoms. The standard InChI is InChI=1S/C22H33N3O4S.C20H33N3O3S/c1-5-28-20(26)18(24-11-8-17(9-12-24)19-23-10-15-30-19)16-6-13-25(14-7-16)21(27)29-22(2,3)4;1-20(2,3)26-19(25)23-11-4-15(5-12-23)17(14-24)22-9-6-16(7-10-22)18-21-8-13-27-18/h8,10,15-16,18H,5-7,9,11-14H2,1-4H3;8,13,15-17,24H,4-7,9-12,14H2,1-3H3. The molecule has 318 valence electrons. The number of aliphatic hydroxyl groups is 1. The highest BCUT2D eigenvalue weighted by molar-refractivity contribution is 7.10. The van der Waals surface area contributed by atoms with E-state index in [1.54, 1.807) is 27.6 Å². The van der Waals surface area contributed by atoms with Crippen LogP contribution in [-0.4, -0.2) is 142 Å². The molecule has 0 aromatic carbocycles. The van der Waals surface area contributed by atoms with E-state index < -0.39 is 11.2 Å². The summed E-state index contributed by atoms with van der Waals surface area (Å²) in [6.45, 7) is 19.9. The van der Waals surface area contributed by atoms with Crippen LogP contribution in [0, 0.1) is 11.8 Å². The highest BCUT2D eigenvalue weighted by Gasteiger charge is 2.39. The molecule has 6 rings (SSSR count). The maximum Gasteiger partial charge on any atom is 0.410 e. The summed E-state index contributed by atoms with van der Waals surface area (Å²) in [5, 5.41) is 16.4. The summed E-state index contributed by atoms with van der Waals surface area (Å²) >= 11 is 3.40. The molecule has 13 nitrogen and oxygen atoms in total. The Bertz CT molecular complexity index is 1570. The number of carbonyl (C=O) groups excluding carboxylic acids is 3. The minimum absolute atomic E-state index is 0.153. The van der Waals surface area contributed by atoms with E-state index in [1.165, 1.54) is 10.6 Å². The summed E-state index contributed by atoms with van der Waals surface area (Å²) in [6, 6.07) is -0.0807. The first-order chi connectivity index (χ1) is 27.2. The van der Waals surface area contributed by atoms with Crippen LogP contribution in [0.3, 0.4) is 0 Å². The van der Waals surface area contributed by atoms with Gasteiger partial charge in [0.25, 0.3) is 0 Å². The zero-order valence-corrected chi connectivity index (χ0v) is 36.8. The highest BCUT2D eigenvalue weighted by atomic mass is 32.1. The second kappa shape index (κ2) is 20.7. The van der Waals surface area contributed by atoms with E-state index in [0.29, 0.717) is 51.2 Å². The van der Waals surface area contributed by atoms with Gasteiger partial charge in [-0.05, 0) is 124 Å². The third kappa shape index (κ3) is 13.2. The fourth-order valence-corrected chi connectivity index (χ4v) is 9.90. The molecule has 4 aliphatic rings. The number of rotatable bonds is 9. The first-order valence-corrected chi connectivity index (χ1v) is 22.6. The van der Waals surface area contributed by atoms with Gasteiger partial charge in [0.15, 0.2) is 0 Å². The maximum atomic E-state index is 12.9. The summed E-state index contributed by atoms with van der Waals surface area (Å²) in [5.74, 6) is 1.01. The average molecular weight is 831 g/mol. The number of piperidine rings is 3. The van der Waals surface area contributed by atoms with Crippen molar-refractivity contribution in [1.82, 2.24) is 29.6 Å². The smallest absolute Gasteiger partial charge is 0.410 e. The van der Waals surface area contributed by atoms with Crippen LogP contribution in [0.1, 0.15) is 109 Å². The predicted octanol–water partition coefficient (Wildman–Crippen LogP) is 7.14. The molecule has 15 heteroatoms. The third-order valence-corrected chi connectivity index (χ3v) is 13.0. The lowest BCUT2D eigenvalue weighted by Crippen LogP contribution is -2.52. The Morgan fingerprint density at radius 2 is 1.33 bits per heavy atom. The lowest BCUT2D eigenvalue weighted by Gasteiger charge is -2.43. The van der Waals surface area contributed by atoms with Gasteiger partial charge in [0.05, 0.1) is 18.2 Å². The Balaban J connectivity index is 0.000000219. The van der Waals surface area contributed by atoms with Gasteiger partial charge in [0, 0.05) is 74.4 Å². The first kappa shape index (κ1) is 45.0. The molecule has 2 atom stereocenters. The molecule has 2 aromatic rings. The van der Waals surface area contributed by atoms with Crippen LogP contribution in [-0.2, 0) is 19.0 Å². The van der Waals surface area contributed by atoms with Crippen molar-refractivity contribution < 1.29 is 33.7 Å². The first-order valence-electron chi connectivity index (χ1n) is 20.9. The predicted molar refractivity (Wildman–Crippen MR) is 224 cm³/mol. The van der Waals surface area contributed by atoms with Gasteiger partial charge in [-0.3, -0.25) is 14.6 Å². The number of carbonyl (C=O) groups is 3. The average Bonchev–Trinajstić information content (AvgIpc) is 3.92. The van der Waals surface area contributed by atoms with Crippen molar-refractivity contribution in [3.05, 3.63) is 39.2 Å². The van der Waals surface area contributed by atoms with Crippen molar-refractivity contribution >= 4 is 46.4 Å². The molecule has 2 amide bonds. The molecule has 2 aromatic heterocycles. The van der Waals surface area contributed by atoms with E-state index in [0.717, 1.165) is 69.6 Å². The number of thiazole rings is 2. The van der Waals surface area contributed by atoms with Gasteiger partial charge < -0.3 is 29.1 Å². The lowest BCUT2D eigenvalue weighted by molar-refractivity contribution is -0.152. The van der Waals surface area contributed by atoms with Crippen molar-refractivity contribution in [2.24, 2.45) is 11.8 Å². The molecule has 6 heterocycles. The summed E-state index contributed by atoms with van der Waals surface area (Å²) < 4.78 is 16.4. The summed E-state index contributed by atoms with van der Waals surface area (Å²) in [7, 11) is 0. The van der Waals surface area contributed by atoms with Gasteiger partial charge in [0.2, 0.25) is 0 Å². The quantitative estimate of drug-likeness (QED) is 0.204. The van der Waals surface area contributed by atoms with Gasteiger partial charge in [0.1, 0.15) is 22.3 Å². The molecule has 0 aliphatic carbocycles. The molecule has 0 bridgehead atoms. The van der Waals surface area contributed by atoms with Crippen LogP contribution in [0.25, 0.3) is 5.57 Å². The number of ether oxygens (including phenoxy) is 3. The zero-order chi connectivity index (χ0) is 41.2. The lowest BCUT2D eigenvalue weighted by atomic mass is 9.86. The number of nitrogens with zero attached hydrogens (tertiary/aromatic N) is 6. The molecule has 3 fully saturated rings. The number of hydrogen-bond acceptors (Lipinski definition) is 13. The third-order valence-electron chi connectivity index (χ3n) is 11.2. The number of amides is 2. The molecular weight excluding hydrogens is 765 g/mol. The van der Waals surface area contributed by atoms with Crippen LogP contribution in [0.2, 0.25) is 0 Å². The fourth-order valence-electron chi connectivity index (χ4n) is 8.38. The number of likely N-dealkylation sites (tertiary alicyclic amines) is 3. The number of aromatic nitrogens is 2. The number of esters is 1. The Morgan fingerprint density at radius 1 is 0.772 bits per heavy atom. The van der Waals surface area contributed by atoms with Crippen LogP contribution in [0.5, 0.6) is 0 Å².